The Hall–Kier alpha value is -4.42. The highest BCUT2D eigenvalue weighted by Gasteiger charge is 2.49. The molecule has 1 saturated heterocycles. The molecule has 40 heavy (non-hydrogen) atoms. The van der Waals surface area contributed by atoms with Crippen molar-refractivity contribution >= 4 is 65.7 Å². The smallest absolute Gasteiger partial charge is 0.301 e. The second kappa shape index (κ2) is 9.65. The van der Waals surface area contributed by atoms with Crippen LogP contribution in [0.4, 0.5) is 5.13 Å². The number of carbonyl (C=O) groups excluding carboxylic acids is 2. The Morgan fingerprint density at radius 1 is 1.07 bits per heavy atom. The van der Waals surface area contributed by atoms with Gasteiger partial charge in [0.05, 0.1) is 46.2 Å². The normalized spacial score (nSPS) is 16.8. The predicted octanol–water partition coefficient (Wildman–Crippen LogP) is 5.36. The van der Waals surface area contributed by atoms with Gasteiger partial charge in [-0.25, -0.2) is 9.97 Å². The van der Waals surface area contributed by atoms with Crippen LogP contribution in [-0.4, -0.2) is 50.5 Å². The molecule has 0 radical (unpaired) electrons. The number of halogens is 1. The van der Waals surface area contributed by atoms with Gasteiger partial charge in [-0.1, -0.05) is 17.4 Å². The molecule has 1 aliphatic rings. The van der Waals surface area contributed by atoms with Crippen LogP contribution in [0.15, 0.2) is 64.8 Å². The molecule has 202 valence electrons. The number of benzene rings is 2. The number of ketones is 1. The number of aryl methyl sites for hydroxylation is 1. The third-order valence-corrected chi connectivity index (χ3v) is 8.37. The zero-order valence-electron chi connectivity index (χ0n) is 21.4. The first kappa shape index (κ1) is 25.8. The summed E-state index contributed by atoms with van der Waals surface area (Å²) in [5.41, 5.74) is 2.22. The highest BCUT2D eigenvalue weighted by molar-refractivity contribution is 9.10. The maximum atomic E-state index is 13.7. The monoisotopic (exact) mass is 620 g/mol. The van der Waals surface area contributed by atoms with Gasteiger partial charge in [-0.3, -0.25) is 18.9 Å². The molecular weight excluding hydrogens is 600 g/mol. The molecular formula is C28H21BrN4O6S. The first-order valence-corrected chi connectivity index (χ1v) is 13.6. The second-order valence-electron chi connectivity index (χ2n) is 9.03. The summed E-state index contributed by atoms with van der Waals surface area (Å²) in [5.74, 6) is -1.52. The number of anilines is 1. The molecule has 2 N–H and O–H groups in total. The Kier molecular flexibility index (Phi) is 6.23. The highest BCUT2D eigenvalue weighted by atomic mass is 79.9. The lowest BCUT2D eigenvalue weighted by Gasteiger charge is -2.24. The average Bonchev–Trinajstić information content (AvgIpc) is 3.60. The number of hydrogen-bond acceptors (Lipinski definition) is 9. The van der Waals surface area contributed by atoms with Crippen LogP contribution in [0.1, 0.15) is 23.0 Å². The van der Waals surface area contributed by atoms with Crippen molar-refractivity contribution < 1.29 is 29.3 Å². The zero-order chi connectivity index (χ0) is 28.3. The van der Waals surface area contributed by atoms with E-state index in [4.69, 9.17) is 9.47 Å². The SMILES string of the molecule is COc1ccc2nc(N3C(=O)C(=O)/C(=C(/O)c4c(C)nc5ccccn45)C3c3cc(Br)c(O)c(OC)c3)sc2c1. The number of amides is 1. The van der Waals surface area contributed by atoms with Crippen molar-refractivity contribution in [2.75, 3.05) is 19.1 Å². The largest absolute Gasteiger partial charge is 0.505 e. The van der Waals surface area contributed by atoms with Crippen LogP contribution >= 0.6 is 27.3 Å². The fourth-order valence-electron chi connectivity index (χ4n) is 4.90. The number of aliphatic hydroxyl groups is 1. The molecule has 10 nitrogen and oxygen atoms in total. The molecule has 3 aromatic heterocycles. The van der Waals surface area contributed by atoms with Gasteiger partial charge in [0, 0.05) is 6.20 Å². The highest BCUT2D eigenvalue weighted by Crippen LogP contribution is 2.47. The summed E-state index contributed by atoms with van der Waals surface area (Å²) in [4.78, 5) is 37.8. The molecule has 12 heteroatoms. The topological polar surface area (TPSA) is 126 Å². The van der Waals surface area contributed by atoms with Crippen molar-refractivity contribution in [3.8, 4) is 17.2 Å². The lowest BCUT2D eigenvalue weighted by atomic mass is 9.96. The van der Waals surface area contributed by atoms with Crippen LogP contribution in [0.2, 0.25) is 0 Å². The quantitative estimate of drug-likeness (QED) is 0.153. The van der Waals surface area contributed by atoms with Crippen LogP contribution in [0.25, 0.3) is 21.6 Å². The third-order valence-electron chi connectivity index (χ3n) is 6.75. The van der Waals surface area contributed by atoms with Gasteiger partial charge in [-0.2, -0.15) is 0 Å². The Bertz CT molecular complexity index is 1890. The molecule has 5 aromatic rings. The number of phenols is 1. The van der Waals surface area contributed by atoms with Crippen molar-refractivity contribution in [3.63, 3.8) is 0 Å². The number of pyridine rings is 1. The van der Waals surface area contributed by atoms with E-state index in [-0.39, 0.29) is 38.1 Å². The van der Waals surface area contributed by atoms with E-state index >= 15 is 0 Å². The van der Waals surface area contributed by atoms with Crippen LogP contribution in [0.5, 0.6) is 17.2 Å². The van der Waals surface area contributed by atoms with Crippen molar-refractivity contribution in [2.45, 2.75) is 13.0 Å². The number of fused-ring (bicyclic) bond motifs is 2. The first-order chi connectivity index (χ1) is 19.2. The van der Waals surface area contributed by atoms with Crippen LogP contribution in [0.3, 0.4) is 0 Å². The summed E-state index contributed by atoms with van der Waals surface area (Å²) >= 11 is 4.55. The summed E-state index contributed by atoms with van der Waals surface area (Å²) in [6.07, 6.45) is 1.72. The molecule has 1 atom stereocenters. The number of aromatic nitrogens is 3. The zero-order valence-corrected chi connectivity index (χ0v) is 23.8. The van der Waals surface area contributed by atoms with Gasteiger partial charge in [0.2, 0.25) is 0 Å². The minimum absolute atomic E-state index is 0.120. The summed E-state index contributed by atoms with van der Waals surface area (Å²) in [5, 5.41) is 22.4. The van der Waals surface area contributed by atoms with Gasteiger partial charge in [0.1, 0.15) is 17.1 Å². The number of ether oxygens (including phenoxy) is 2. The number of carbonyl (C=O) groups is 2. The summed E-state index contributed by atoms with van der Waals surface area (Å²) < 4.78 is 13.4. The molecule has 4 heterocycles. The number of nitrogens with zero attached hydrogens (tertiary/aromatic N) is 4. The molecule has 0 spiro atoms. The van der Waals surface area contributed by atoms with E-state index in [0.717, 1.165) is 4.70 Å². The number of imidazole rings is 1. The number of Topliss-reactive ketones (excluding diaryl/α,β-unsaturated/α-hetero) is 1. The Labute approximate surface area is 239 Å². The predicted molar refractivity (Wildman–Crippen MR) is 153 cm³/mol. The van der Waals surface area contributed by atoms with E-state index < -0.39 is 17.7 Å². The fraction of sp³-hybridized carbons (Fsp3) is 0.143. The molecule has 1 unspecified atom stereocenters. The van der Waals surface area contributed by atoms with Gasteiger partial charge >= 0.3 is 5.91 Å². The van der Waals surface area contributed by atoms with Gasteiger partial charge in [0.25, 0.3) is 5.78 Å². The maximum Gasteiger partial charge on any atom is 0.301 e. The van der Waals surface area contributed by atoms with Crippen LogP contribution < -0.4 is 14.4 Å². The number of thiazole rings is 1. The lowest BCUT2D eigenvalue weighted by molar-refractivity contribution is -0.132. The van der Waals surface area contributed by atoms with Gasteiger partial charge in [0.15, 0.2) is 22.4 Å². The lowest BCUT2D eigenvalue weighted by Crippen LogP contribution is -2.29. The van der Waals surface area contributed by atoms with Crippen LogP contribution in [-0.2, 0) is 9.59 Å². The van der Waals surface area contributed by atoms with Crippen molar-refractivity contribution in [1.82, 2.24) is 14.4 Å². The number of aromatic hydroxyl groups is 1. The van der Waals surface area contributed by atoms with Gasteiger partial charge in [-0.15, -0.1) is 0 Å². The number of phenolic OH excluding ortho intramolecular Hbond substituents is 1. The number of aliphatic hydroxyl groups excluding tert-OH is 1. The standard InChI is InChI=1S/C28H21BrN4O6S/c1-13-22(32-9-5-4-6-20(32)30-13)25(35)21-23(14-10-16(29)24(34)18(11-14)39-3)33(27(37)26(21)36)28-31-17-8-7-15(38-2)12-19(17)40-28/h4-12,23,34-35H,1-3H3/b25-21+. The van der Waals surface area contributed by atoms with Crippen molar-refractivity contribution in [3.05, 3.63) is 81.7 Å². The summed E-state index contributed by atoms with van der Waals surface area (Å²) in [6, 6.07) is 12.7. The van der Waals surface area contributed by atoms with E-state index in [9.17, 15) is 19.8 Å². The fourth-order valence-corrected chi connectivity index (χ4v) is 6.38. The average molecular weight is 621 g/mol. The third kappa shape index (κ3) is 3.90. The van der Waals surface area contributed by atoms with E-state index in [1.165, 1.54) is 29.4 Å². The molecule has 1 amide bonds. The van der Waals surface area contributed by atoms with E-state index in [0.29, 0.717) is 28.2 Å². The van der Waals surface area contributed by atoms with Crippen LogP contribution in [0, 0.1) is 6.92 Å². The van der Waals surface area contributed by atoms with Crippen molar-refractivity contribution in [1.29, 1.82) is 0 Å². The van der Waals surface area contributed by atoms with E-state index in [1.54, 1.807) is 61.0 Å². The minimum Gasteiger partial charge on any atom is -0.505 e. The van der Waals surface area contributed by atoms with Gasteiger partial charge < -0.3 is 19.7 Å². The molecule has 2 aromatic carbocycles. The van der Waals surface area contributed by atoms with Crippen molar-refractivity contribution in [2.24, 2.45) is 0 Å². The minimum atomic E-state index is -1.10. The van der Waals surface area contributed by atoms with E-state index in [1.807, 2.05) is 6.07 Å². The Balaban J connectivity index is 1.63. The molecule has 1 aliphatic heterocycles. The Morgan fingerprint density at radius 2 is 1.88 bits per heavy atom. The second-order valence-corrected chi connectivity index (χ2v) is 10.9. The molecule has 0 aliphatic carbocycles. The Morgan fingerprint density at radius 3 is 2.62 bits per heavy atom. The first-order valence-electron chi connectivity index (χ1n) is 12.0. The molecule has 6 rings (SSSR count). The molecule has 1 fully saturated rings. The van der Waals surface area contributed by atoms with Gasteiger partial charge in [-0.05, 0) is 70.9 Å². The summed E-state index contributed by atoms with van der Waals surface area (Å²) in [7, 11) is 2.95. The molecule has 0 saturated carbocycles. The summed E-state index contributed by atoms with van der Waals surface area (Å²) in [6.45, 7) is 1.72. The molecule has 0 bridgehead atoms. The van der Waals surface area contributed by atoms with E-state index in [2.05, 4.69) is 25.9 Å². The number of rotatable bonds is 5. The number of hydrogen-bond donors (Lipinski definition) is 2. The number of methoxy groups -OCH3 is 2. The maximum absolute atomic E-state index is 13.7.